The van der Waals surface area contributed by atoms with Gasteiger partial charge < -0.3 is 10.3 Å². The molecule has 0 saturated carbocycles. The fraction of sp³-hybridized carbons (Fsp3) is 0.500. The van der Waals surface area contributed by atoms with Crippen LogP contribution in [0.4, 0.5) is 17.3 Å². The van der Waals surface area contributed by atoms with Gasteiger partial charge in [-0.05, 0) is 6.26 Å². The lowest BCUT2D eigenvalue weighted by atomic mass is 10.4. The van der Waals surface area contributed by atoms with Crippen LogP contribution in [-0.2, 0) is 0 Å². The third-order valence-corrected chi connectivity index (χ3v) is 2.71. The number of anilines is 2. The molecule has 0 fully saturated rings. The maximum Gasteiger partial charge on any atom is 0.354 e. The van der Waals surface area contributed by atoms with E-state index in [1.54, 1.807) is 23.7 Å². The Balaban J connectivity index is 3.09. The third kappa shape index (κ3) is 3.17. The van der Waals surface area contributed by atoms with Crippen molar-refractivity contribution in [2.75, 3.05) is 35.9 Å². The summed E-state index contributed by atoms with van der Waals surface area (Å²) in [6.07, 6.45) is 3.21. The molecule has 0 aliphatic carbocycles. The van der Waals surface area contributed by atoms with E-state index in [0.29, 0.717) is 6.54 Å². The largest absolute Gasteiger partial charge is 0.354 e. The zero-order chi connectivity index (χ0) is 12.8. The van der Waals surface area contributed by atoms with Crippen LogP contribution in [0.15, 0.2) is 6.33 Å². The van der Waals surface area contributed by atoms with E-state index in [0.717, 1.165) is 5.75 Å². The highest BCUT2D eigenvalue weighted by molar-refractivity contribution is 7.98. The van der Waals surface area contributed by atoms with Crippen molar-refractivity contribution in [2.45, 2.75) is 0 Å². The molecule has 1 aromatic heterocycles. The fourth-order valence-corrected chi connectivity index (χ4v) is 1.71. The van der Waals surface area contributed by atoms with Crippen LogP contribution in [0.2, 0.25) is 0 Å². The van der Waals surface area contributed by atoms with Crippen molar-refractivity contribution in [1.29, 1.82) is 0 Å². The monoisotopic (exact) mass is 258 g/mol. The smallest absolute Gasteiger partial charge is 0.353 e. The number of nitrogen functional groups attached to an aromatic ring is 1. The molecule has 0 aromatic carbocycles. The van der Waals surface area contributed by atoms with Gasteiger partial charge in [-0.1, -0.05) is 0 Å². The molecule has 17 heavy (non-hydrogen) atoms. The Bertz CT molecular complexity index is 402. The Kier molecular flexibility index (Phi) is 4.91. The highest BCUT2D eigenvalue weighted by Crippen LogP contribution is 2.30. The lowest BCUT2D eigenvalue weighted by Crippen LogP contribution is -2.23. The Morgan fingerprint density at radius 1 is 1.65 bits per heavy atom. The van der Waals surface area contributed by atoms with E-state index in [1.807, 2.05) is 6.26 Å². The summed E-state index contributed by atoms with van der Waals surface area (Å²) in [5, 5.41) is 11.0. The normalized spacial score (nSPS) is 10.1. The molecule has 1 aromatic rings. The van der Waals surface area contributed by atoms with Gasteiger partial charge in [-0.3, -0.25) is 10.1 Å². The Morgan fingerprint density at radius 3 is 2.88 bits per heavy atom. The molecule has 3 N–H and O–H groups in total. The molecule has 8 nitrogen and oxygen atoms in total. The van der Waals surface area contributed by atoms with Crippen molar-refractivity contribution in [2.24, 2.45) is 5.84 Å². The summed E-state index contributed by atoms with van der Waals surface area (Å²) >= 11 is 1.65. The minimum Gasteiger partial charge on any atom is -0.353 e. The van der Waals surface area contributed by atoms with Gasteiger partial charge in [0.2, 0.25) is 11.6 Å². The average Bonchev–Trinajstić information content (AvgIpc) is 2.34. The molecule has 0 bridgehead atoms. The quantitative estimate of drug-likeness (QED) is 0.430. The molecule has 94 valence electrons. The number of hydrogen-bond donors (Lipinski definition) is 2. The zero-order valence-electron chi connectivity index (χ0n) is 9.58. The number of rotatable bonds is 6. The summed E-state index contributed by atoms with van der Waals surface area (Å²) in [6, 6.07) is 0. The second-order valence-electron chi connectivity index (χ2n) is 3.21. The van der Waals surface area contributed by atoms with Crippen LogP contribution in [-0.4, -0.2) is 40.5 Å². The molecule has 0 aliphatic rings. The van der Waals surface area contributed by atoms with Crippen LogP contribution in [0.1, 0.15) is 0 Å². The van der Waals surface area contributed by atoms with Crippen LogP contribution in [0.3, 0.4) is 0 Å². The first-order chi connectivity index (χ1) is 8.11. The summed E-state index contributed by atoms with van der Waals surface area (Å²) in [5.41, 5.74) is 1.99. The highest BCUT2D eigenvalue weighted by atomic mass is 32.2. The van der Waals surface area contributed by atoms with E-state index >= 15 is 0 Å². The zero-order valence-corrected chi connectivity index (χ0v) is 10.4. The van der Waals surface area contributed by atoms with E-state index in [4.69, 9.17) is 5.84 Å². The predicted molar refractivity (Wildman–Crippen MR) is 68.1 cm³/mol. The van der Waals surface area contributed by atoms with Gasteiger partial charge in [0.25, 0.3) is 0 Å². The Morgan fingerprint density at radius 2 is 2.35 bits per heavy atom. The van der Waals surface area contributed by atoms with Crippen LogP contribution >= 0.6 is 11.8 Å². The molecule has 0 spiro atoms. The van der Waals surface area contributed by atoms with Crippen molar-refractivity contribution in [3.8, 4) is 0 Å². The lowest BCUT2D eigenvalue weighted by molar-refractivity contribution is -0.383. The molecular formula is C8H14N6O2S. The lowest BCUT2D eigenvalue weighted by Gasteiger charge is -2.17. The number of nitro groups is 1. The molecular weight excluding hydrogens is 244 g/mol. The van der Waals surface area contributed by atoms with Crippen molar-refractivity contribution in [3.63, 3.8) is 0 Å². The van der Waals surface area contributed by atoms with E-state index in [-0.39, 0.29) is 17.3 Å². The SMILES string of the molecule is CSCCN(C)c1ncnc(NN)c1[N+](=O)[O-]. The second kappa shape index (κ2) is 6.21. The van der Waals surface area contributed by atoms with Crippen molar-refractivity contribution in [1.82, 2.24) is 9.97 Å². The number of nitrogens with one attached hydrogen (secondary N) is 1. The van der Waals surface area contributed by atoms with Gasteiger partial charge in [0, 0.05) is 19.3 Å². The van der Waals surface area contributed by atoms with Gasteiger partial charge in [0.1, 0.15) is 6.33 Å². The summed E-state index contributed by atoms with van der Waals surface area (Å²) in [6.45, 7) is 0.656. The van der Waals surface area contributed by atoms with Gasteiger partial charge in [0.15, 0.2) is 0 Å². The molecule has 1 heterocycles. The molecule has 0 radical (unpaired) electrons. The van der Waals surface area contributed by atoms with E-state index in [2.05, 4.69) is 15.4 Å². The van der Waals surface area contributed by atoms with Gasteiger partial charge >= 0.3 is 5.69 Å². The second-order valence-corrected chi connectivity index (χ2v) is 4.20. The minimum atomic E-state index is -0.542. The fourth-order valence-electron chi connectivity index (χ4n) is 1.26. The molecule has 1 rings (SSSR count). The van der Waals surface area contributed by atoms with E-state index in [1.165, 1.54) is 6.33 Å². The molecule has 0 amide bonds. The summed E-state index contributed by atoms with van der Waals surface area (Å²) < 4.78 is 0. The Labute approximate surface area is 103 Å². The minimum absolute atomic E-state index is 0.0102. The molecule has 9 heteroatoms. The van der Waals surface area contributed by atoms with Gasteiger partial charge in [0.05, 0.1) is 4.92 Å². The van der Waals surface area contributed by atoms with E-state index < -0.39 is 4.92 Å². The van der Waals surface area contributed by atoms with Crippen LogP contribution in [0.5, 0.6) is 0 Å². The number of thioether (sulfide) groups is 1. The Hall–Kier alpha value is -1.61. The summed E-state index contributed by atoms with van der Waals surface area (Å²) in [5.74, 6) is 6.31. The first-order valence-corrected chi connectivity index (χ1v) is 6.17. The third-order valence-electron chi connectivity index (χ3n) is 2.11. The van der Waals surface area contributed by atoms with Crippen LogP contribution in [0, 0.1) is 10.1 Å². The molecule has 0 saturated heterocycles. The maximum absolute atomic E-state index is 11.0. The molecule has 0 aliphatic heterocycles. The van der Waals surface area contributed by atoms with Crippen molar-refractivity contribution < 1.29 is 4.92 Å². The molecule has 0 unspecified atom stereocenters. The van der Waals surface area contributed by atoms with Crippen LogP contribution in [0.25, 0.3) is 0 Å². The maximum atomic E-state index is 11.0. The van der Waals surface area contributed by atoms with Crippen LogP contribution < -0.4 is 16.2 Å². The summed E-state index contributed by atoms with van der Waals surface area (Å²) in [7, 11) is 1.74. The molecule has 0 atom stereocenters. The van der Waals surface area contributed by atoms with Gasteiger partial charge in [-0.15, -0.1) is 0 Å². The number of nitrogens with two attached hydrogens (primary N) is 1. The van der Waals surface area contributed by atoms with Gasteiger partial charge in [-0.25, -0.2) is 15.8 Å². The van der Waals surface area contributed by atoms with Crippen molar-refractivity contribution >= 4 is 29.1 Å². The van der Waals surface area contributed by atoms with E-state index in [9.17, 15) is 10.1 Å². The first-order valence-electron chi connectivity index (χ1n) is 4.78. The first kappa shape index (κ1) is 13.5. The van der Waals surface area contributed by atoms with Crippen molar-refractivity contribution in [3.05, 3.63) is 16.4 Å². The average molecular weight is 258 g/mol. The highest BCUT2D eigenvalue weighted by Gasteiger charge is 2.24. The number of aromatic nitrogens is 2. The van der Waals surface area contributed by atoms with Gasteiger partial charge in [-0.2, -0.15) is 11.8 Å². The standard InChI is InChI=1S/C8H14N6O2S/c1-13(3-4-17-2)8-6(14(15)16)7(12-9)10-5-11-8/h5H,3-4,9H2,1-2H3,(H,10,11,12). The number of nitrogens with zero attached hydrogens (tertiary/aromatic N) is 4. The predicted octanol–water partition coefficient (Wildman–Crippen LogP) is 0.470. The summed E-state index contributed by atoms with van der Waals surface area (Å²) in [4.78, 5) is 19.8. The topological polar surface area (TPSA) is 110 Å². The number of hydrogen-bond acceptors (Lipinski definition) is 8. The number of hydrazine groups is 1.